The number of carbonyl (C=O) groups is 1. The molecule has 0 heterocycles. The second-order valence-corrected chi connectivity index (χ2v) is 4.72. The van der Waals surface area contributed by atoms with Gasteiger partial charge in [0.05, 0.1) is 14.2 Å². The Labute approximate surface area is 124 Å². The van der Waals surface area contributed by atoms with Gasteiger partial charge in [0.2, 0.25) is 5.75 Å². The van der Waals surface area contributed by atoms with E-state index in [2.05, 4.69) is 0 Å². The van der Waals surface area contributed by atoms with Crippen LogP contribution >= 0.6 is 0 Å². The van der Waals surface area contributed by atoms with Gasteiger partial charge in [0, 0.05) is 5.56 Å². The minimum atomic E-state index is 0.446. The molecule has 0 atom stereocenters. The lowest BCUT2D eigenvalue weighted by molar-refractivity contribution is 0.112. The average Bonchev–Trinajstić information content (AvgIpc) is 2.50. The third-order valence-corrected chi connectivity index (χ3v) is 3.31. The highest BCUT2D eigenvalue weighted by Gasteiger charge is 2.14. The van der Waals surface area contributed by atoms with Gasteiger partial charge in [-0.3, -0.25) is 4.79 Å². The molecule has 0 amide bonds. The van der Waals surface area contributed by atoms with Gasteiger partial charge in [0.1, 0.15) is 12.0 Å². The molecule has 21 heavy (non-hydrogen) atoms. The van der Waals surface area contributed by atoms with Gasteiger partial charge in [0.25, 0.3) is 0 Å². The number of aldehydes is 1. The molecule has 4 nitrogen and oxygen atoms in total. The van der Waals surface area contributed by atoms with Crippen LogP contribution in [0, 0.1) is 13.8 Å². The van der Waals surface area contributed by atoms with Crippen molar-refractivity contribution in [2.24, 2.45) is 0 Å². The van der Waals surface area contributed by atoms with Gasteiger partial charge in [-0.2, -0.15) is 0 Å². The Morgan fingerprint density at radius 2 is 1.62 bits per heavy atom. The first kappa shape index (κ1) is 14.9. The van der Waals surface area contributed by atoms with Crippen molar-refractivity contribution in [1.29, 1.82) is 0 Å². The first-order valence-corrected chi connectivity index (χ1v) is 6.55. The minimum absolute atomic E-state index is 0.446. The summed E-state index contributed by atoms with van der Waals surface area (Å²) in [4.78, 5) is 11.0. The van der Waals surface area contributed by atoms with Crippen molar-refractivity contribution < 1.29 is 19.0 Å². The molecular formula is C17H18O4. The monoisotopic (exact) mass is 286 g/mol. The third kappa shape index (κ3) is 3.16. The number of hydrogen-bond donors (Lipinski definition) is 0. The summed E-state index contributed by atoms with van der Waals surface area (Å²) < 4.78 is 16.4. The number of rotatable bonds is 5. The summed E-state index contributed by atoms with van der Waals surface area (Å²) in [7, 11) is 3.05. The van der Waals surface area contributed by atoms with Crippen molar-refractivity contribution in [3.8, 4) is 23.0 Å². The molecule has 0 saturated carbocycles. The summed E-state index contributed by atoms with van der Waals surface area (Å²) in [6.45, 7) is 4.05. The zero-order valence-electron chi connectivity index (χ0n) is 12.6. The van der Waals surface area contributed by atoms with Crippen LogP contribution in [0.3, 0.4) is 0 Å². The number of methoxy groups -OCH3 is 2. The molecule has 0 aliphatic heterocycles. The van der Waals surface area contributed by atoms with E-state index in [1.165, 1.54) is 19.8 Å². The molecule has 2 aromatic rings. The molecule has 0 saturated heterocycles. The first-order chi connectivity index (χ1) is 10.1. The molecular weight excluding hydrogens is 268 g/mol. The zero-order chi connectivity index (χ0) is 15.4. The van der Waals surface area contributed by atoms with E-state index in [1.807, 2.05) is 32.0 Å². The predicted octanol–water partition coefficient (Wildman–Crippen LogP) is 3.93. The molecule has 0 aliphatic rings. The molecule has 0 aromatic heterocycles. The molecule has 0 unspecified atom stereocenters. The lowest BCUT2D eigenvalue weighted by atomic mass is 10.1. The first-order valence-electron chi connectivity index (χ1n) is 6.55. The lowest BCUT2D eigenvalue weighted by Gasteiger charge is -2.15. The van der Waals surface area contributed by atoms with Crippen LogP contribution < -0.4 is 14.2 Å². The third-order valence-electron chi connectivity index (χ3n) is 3.31. The van der Waals surface area contributed by atoms with E-state index in [0.717, 1.165) is 11.8 Å². The van der Waals surface area contributed by atoms with Crippen molar-refractivity contribution in [2.75, 3.05) is 14.2 Å². The van der Waals surface area contributed by atoms with Crippen LogP contribution in [0.15, 0.2) is 30.3 Å². The van der Waals surface area contributed by atoms with E-state index >= 15 is 0 Å². The summed E-state index contributed by atoms with van der Waals surface area (Å²) in [6, 6.07) is 9.04. The fourth-order valence-corrected chi connectivity index (χ4v) is 2.00. The second-order valence-electron chi connectivity index (χ2n) is 4.72. The highest BCUT2D eigenvalue weighted by atomic mass is 16.5. The normalized spacial score (nSPS) is 10.1. The van der Waals surface area contributed by atoms with E-state index < -0.39 is 0 Å². The summed E-state index contributed by atoms with van der Waals surface area (Å²) in [5.41, 5.74) is 2.78. The number of benzene rings is 2. The van der Waals surface area contributed by atoms with Gasteiger partial charge < -0.3 is 14.2 Å². The van der Waals surface area contributed by atoms with E-state index in [4.69, 9.17) is 14.2 Å². The van der Waals surface area contributed by atoms with Crippen molar-refractivity contribution in [3.63, 3.8) is 0 Å². The topological polar surface area (TPSA) is 44.8 Å². The molecule has 0 aliphatic carbocycles. The fraction of sp³-hybridized carbons (Fsp3) is 0.235. The van der Waals surface area contributed by atoms with Gasteiger partial charge in [0.15, 0.2) is 11.5 Å². The average molecular weight is 286 g/mol. The molecule has 0 N–H and O–H groups in total. The smallest absolute Gasteiger partial charge is 0.203 e. The molecule has 2 rings (SSSR count). The highest BCUT2D eigenvalue weighted by molar-refractivity contribution is 5.78. The number of ether oxygens (including phenoxy) is 3. The maximum Gasteiger partial charge on any atom is 0.203 e. The Bertz CT molecular complexity index is 662. The second kappa shape index (κ2) is 6.31. The van der Waals surface area contributed by atoms with Crippen LogP contribution in [0.5, 0.6) is 23.0 Å². The van der Waals surface area contributed by atoms with Crippen LogP contribution in [0.4, 0.5) is 0 Å². The van der Waals surface area contributed by atoms with Gasteiger partial charge in [-0.25, -0.2) is 0 Å². The van der Waals surface area contributed by atoms with Crippen molar-refractivity contribution in [2.45, 2.75) is 13.8 Å². The quantitative estimate of drug-likeness (QED) is 0.781. The van der Waals surface area contributed by atoms with Crippen LogP contribution in [0.2, 0.25) is 0 Å². The lowest BCUT2D eigenvalue weighted by Crippen LogP contribution is -1.97. The van der Waals surface area contributed by atoms with Crippen LogP contribution in [0.1, 0.15) is 21.5 Å². The maximum absolute atomic E-state index is 11.0. The Kier molecular flexibility index (Phi) is 4.48. The summed E-state index contributed by atoms with van der Waals surface area (Å²) >= 11 is 0. The van der Waals surface area contributed by atoms with E-state index in [9.17, 15) is 4.79 Å². The Morgan fingerprint density at radius 3 is 2.19 bits per heavy atom. The number of aryl methyl sites for hydroxylation is 2. The molecule has 0 bridgehead atoms. The van der Waals surface area contributed by atoms with Crippen LogP contribution in [-0.2, 0) is 0 Å². The van der Waals surface area contributed by atoms with E-state index in [1.54, 1.807) is 12.1 Å². The minimum Gasteiger partial charge on any atom is -0.493 e. The Morgan fingerprint density at radius 1 is 0.905 bits per heavy atom. The summed E-state index contributed by atoms with van der Waals surface area (Å²) in [5, 5.41) is 0. The molecule has 0 spiro atoms. The Hall–Kier alpha value is -2.49. The van der Waals surface area contributed by atoms with Crippen LogP contribution in [-0.4, -0.2) is 20.5 Å². The zero-order valence-corrected chi connectivity index (χ0v) is 12.6. The maximum atomic E-state index is 11.0. The molecule has 4 heteroatoms. The van der Waals surface area contributed by atoms with Crippen LogP contribution in [0.25, 0.3) is 0 Å². The van der Waals surface area contributed by atoms with Gasteiger partial charge >= 0.3 is 0 Å². The molecule has 2 aromatic carbocycles. The van der Waals surface area contributed by atoms with Crippen molar-refractivity contribution >= 4 is 6.29 Å². The Balaban J connectivity index is 2.46. The highest BCUT2D eigenvalue weighted by Crippen LogP contribution is 2.40. The summed E-state index contributed by atoms with van der Waals surface area (Å²) in [6.07, 6.45) is 0.745. The van der Waals surface area contributed by atoms with Crippen molar-refractivity contribution in [1.82, 2.24) is 0 Å². The molecule has 110 valence electrons. The van der Waals surface area contributed by atoms with E-state index in [-0.39, 0.29) is 0 Å². The largest absolute Gasteiger partial charge is 0.493 e. The molecule has 0 fully saturated rings. The fourth-order valence-electron chi connectivity index (χ4n) is 2.00. The number of hydrogen-bond acceptors (Lipinski definition) is 4. The van der Waals surface area contributed by atoms with Gasteiger partial charge in [-0.05, 0) is 49.2 Å². The number of carbonyl (C=O) groups excluding carboxylic acids is 1. The summed E-state index contributed by atoms with van der Waals surface area (Å²) in [5.74, 6) is 2.05. The van der Waals surface area contributed by atoms with Gasteiger partial charge in [-0.15, -0.1) is 0 Å². The van der Waals surface area contributed by atoms with E-state index in [0.29, 0.717) is 28.6 Å². The standard InChI is InChI=1S/C17H18O4/c1-11-5-6-14(7-12(11)2)21-16-9-13(10-18)8-15(19-3)17(16)20-4/h5-10H,1-4H3. The van der Waals surface area contributed by atoms with Gasteiger partial charge in [-0.1, -0.05) is 6.07 Å². The predicted molar refractivity (Wildman–Crippen MR) is 80.9 cm³/mol. The SMILES string of the molecule is COc1cc(C=O)cc(Oc2ccc(C)c(C)c2)c1OC. The van der Waals surface area contributed by atoms with Crippen molar-refractivity contribution in [3.05, 3.63) is 47.0 Å². The molecule has 0 radical (unpaired) electrons.